The highest BCUT2D eigenvalue weighted by Crippen LogP contribution is 2.23. The quantitative estimate of drug-likeness (QED) is 0.486. The molecule has 0 radical (unpaired) electrons. The number of halogens is 2. The van der Waals surface area contributed by atoms with Gasteiger partial charge in [-0.3, -0.25) is 13.9 Å². The van der Waals surface area contributed by atoms with Crippen molar-refractivity contribution >= 4 is 55.1 Å². The molecule has 0 bridgehead atoms. The van der Waals surface area contributed by atoms with Crippen LogP contribution in [-0.2, 0) is 26.2 Å². The molecule has 1 N–H and O–H groups in total. The largest absolute Gasteiger partial charge is 0.352 e. The first kappa shape index (κ1) is 26.5. The van der Waals surface area contributed by atoms with Crippen LogP contribution in [-0.4, -0.2) is 50.0 Å². The van der Waals surface area contributed by atoms with Crippen LogP contribution in [0.15, 0.2) is 53.0 Å². The molecule has 1 saturated carbocycles. The molecule has 10 heteroatoms. The van der Waals surface area contributed by atoms with Crippen molar-refractivity contribution < 1.29 is 18.0 Å². The first-order chi connectivity index (χ1) is 16.0. The average Bonchev–Trinajstić information content (AvgIpc) is 3.27. The SMILES string of the molecule is CC(C(=O)NC1CCCC1)N(Cc1cccc(Br)c1)C(=O)CN(c1cccc(Cl)c1)S(C)(=O)=O. The number of nitrogens with zero attached hydrogens (tertiary/aromatic N) is 2. The molecular formula is C24H29BrClN3O4S. The van der Waals surface area contributed by atoms with Gasteiger partial charge in [-0.15, -0.1) is 0 Å². The van der Waals surface area contributed by atoms with E-state index in [4.69, 9.17) is 11.6 Å². The van der Waals surface area contributed by atoms with Gasteiger partial charge in [-0.25, -0.2) is 8.42 Å². The normalized spacial score (nSPS) is 15.1. The second-order valence-electron chi connectivity index (χ2n) is 8.57. The molecular weight excluding hydrogens is 542 g/mol. The van der Waals surface area contributed by atoms with Crippen LogP contribution in [0, 0.1) is 0 Å². The second kappa shape index (κ2) is 11.6. The van der Waals surface area contributed by atoms with Crippen molar-refractivity contribution in [2.24, 2.45) is 0 Å². The van der Waals surface area contributed by atoms with E-state index in [0.717, 1.165) is 46.3 Å². The fraction of sp³-hybridized carbons (Fsp3) is 0.417. The third kappa shape index (κ3) is 7.20. The number of carbonyl (C=O) groups excluding carboxylic acids is 2. The van der Waals surface area contributed by atoms with Crippen molar-refractivity contribution in [3.63, 3.8) is 0 Å². The lowest BCUT2D eigenvalue weighted by atomic mass is 10.1. The molecule has 7 nitrogen and oxygen atoms in total. The molecule has 1 unspecified atom stereocenters. The third-order valence-electron chi connectivity index (χ3n) is 5.89. The monoisotopic (exact) mass is 569 g/mol. The van der Waals surface area contributed by atoms with Crippen LogP contribution in [0.5, 0.6) is 0 Å². The molecule has 34 heavy (non-hydrogen) atoms. The molecule has 0 heterocycles. The fourth-order valence-electron chi connectivity index (χ4n) is 4.05. The molecule has 0 aliphatic heterocycles. The topological polar surface area (TPSA) is 86.8 Å². The van der Waals surface area contributed by atoms with E-state index in [2.05, 4.69) is 21.2 Å². The first-order valence-corrected chi connectivity index (χ1v) is 14.1. The van der Waals surface area contributed by atoms with Crippen LogP contribution in [0.1, 0.15) is 38.2 Å². The van der Waals surface area contributed by atoms with Gasteiger partial charge in [0.05, 0.1) is 11.9 Å². The van der Waals surface area contributed by atoms with Crippen LogP contribution >= 0.6 is 27.5 Å². The zero-order valence-electron chi connectivity index (χ0n) is 19.2. The Bertz CT molecular complexity index is 1140. The number of carbonyl (C=O) groups is 2. The number of benzene rings is 2. The lowest BCUT2D eigenvalue weighted by Gasteiger charge is -2.32. The molecule has 0 aromatic heterocycles. The number of anilines is 1. The van der Waals surface area contributed by atoms with Crippen molar-refractivity contribution in [1.29, 1.82) is 0 Å². The van der Waals surface area contributed by atoms with Crippen molar-refractivity contribution in [3.05, 3.63) is 63.6 Å². The third-order valence-corrected chi connectivity index (χ3v) is 7.76. The lowest BCUT2D eigenvalue weighted by Crippen LogP contribution is -2.52. The summed E-state index contributed by atoms with van der Waals surface area (Å²) >= 11 is 9.49. The number of amides is 2. The maximum atomic E-state index is 13.5. The molecule has 1 aliphatic rings. The van der Waals surface area contributed by atoms with E-state index < -0.39 is 28.5 Å². The van der Waals surface area contributed by atoms with Crippen molar-refractivity contribution in [2.45, 2.75) is 51.2 Å². The summed E-state index contributed by atoms with van der Waals surface area (Å²) in [6.07, 6.45) is 5.03. The zero-order chi connectivity index (χ0) is 24.9. The van der Waals surface area contributed by atoms with Gasteiger partial charge in [0.1, 0.15) is 12.6 Å². The first-order valence-electron chi connectivity index (χ1n) is 11.1. The summed E-state index contributed by atoms with van der Waals surface area (Å²) in [7, 11) is -3.79. The van der Waals surface area contributed by atoms with Crippen molar-refractivity contribution in [1.82, 2.24) is 10.2 Å². The number of sulfonamides is 1. The van der Waals surface area contributed by atoms with Gasteiger partial charge in [0, 0.05) is 22.1 Å². The van der Waals surface area contributed by atoms with Gasteiger partial charge in [0.2, 0.25) is 21.8 Å². The Morgan fingerprint density at radius 2 is 1.82 bits per heavy atom. The zero-order valence-corrected chi connectivity index (χ0v) is 22.4. The van der Waals surface area contributed by atoms with Gasteiger partial charge in [-0.05, 0) is 55.7 Å². The Labute approximate surface area is 214 Å². The number of rotatable bonds is 9. The van der Waals surface area contributed by atoms with E-state index >= 15 is 0 Å². The van der Waals surface area contributed by atoms with Gasteiger partial charge in [-0.1, -0.05) is 58.6 Å². The second-order valence-corrected chi connectivity index (χ2v) is 11.8. The minimum atomic E-state index is -3.79. The van der Waals surface area contributed by atoms with Crippen LogP contribution in [0.25, 0.3) is 0 Å². The van der Waals surface area contributed by atoms with Crippen LogP contribution in [0.4, 0.5) is 5.69 Å². The predicted molar refractivity (Wildman–Crippen MR) is 138 cm³/mol. The predicted octanol–water partition coefficient (Wildman–Crippen LogP) is 4.34. The molecule has 1 aliphatic carbocycles. The van der Waals surface area contributed by atoms with E-state index in [1.165, 1.54) is 11.0 Å². The molecule has 184 valence electrons. The minimum absolute atomic E-state index is 0.108. The highest BCUT2D eigenvalue weighted by molar-refractivity contribution is 9.10. The van der Waals surface area contributed by atoms with Crippen LogP contribution < -0.4 is 9.62 Å². The molecule has 3 rings (SSSR count). The number of nitrogens with one attached hydrogen (secondary N) is 1. The summed E-state index contributed by atoms with van der Waals surface area (Å²) < 4.78 is 27.0. The Morgan fingerprint density at radius 1 is 1.15 bits per heavy atom. The summed E-state index contributed by atoms with van der Waals surface area (Å²) in [6, 6.07) is 13.1. The van der Waals surface area contributed by atoms with E-state index in [0.29, 0.717) is 5.02 Å². The van der Waals surface area contributed by atoms with E-state index in [1.807, 2.05) is 24.3 Å². The summed E-state index contributed by atoms with van der Waals surface area (Å²) in [6.45, 7) is 1.38. The molecule has 2 amide bonds. The summed E-state index contributed by atoms with van der Waals surface area (Å²) in [5, 5.41) is 3.40. The van der Waals surface area contributed by atoms with E-state index in [-0.39, 0.29) is 24.2 Å². The average molecular weight is 571 g/mol. The van der Waals surface area contributed by atoms with Crippen LogP contribution in [0.2, 0.25) is 5.02 Å². The van der Waals surface area contributed by atoms with Gasteiger partial charge in [0.15, 0.2) is 0 Å². The molecule has 2 aromatic carbocycles. The maximum absolute atomic E-state index is 13.5. The summed E-state index contributed by atoms with van der Waals surface area (Å²) in [5.74, 6) is -0.733. The van der Waals surface area contributed by atoms with Gasteiger partial charge in [0.25, 0.3) is 0 Å². The van der Waals surface area contributed by atoms with E-state index in [9.17, 15) is 18.0 Å². The number of hydrogen-bond acceptors (Lipinski definition) is 4. The maximum Gasteiger partial charge on any atom is 0.244 e. The van der Waals surface area contributed by atoms with E-state index in [1.54, 1.807) is 25.1 Å². The van der Waals surface area contributed by atoms with Gasteiger partial charge in [-0.2, -0.15) is 0 Å². The highest BCUT2D eigenvalue weighted by Gasteiger charge is 2.31. The Hall–Kier alpha value is -2.10. The number of hydrogen-bond donors (Lipinski definition) is 1. The molecule has 1 fully saturated rings. The molecule has 0 saturated heterocycles. The minimum Gasteiger partial charge on any atom is -0.352 e. The van der Waals surface area contributed by atoms with Crippen LogP contribution in [0.3, 0.4) is 0 Å². The fourth-order valence-corrected chi connectivity index (χ4v) is 5.52. The Balaban J connectivity index is 1.88. The van der Waals surface area contributed by atoms with Crippen molar-refractivity contribution in [2.75, 3.05) is 17.1 Å². The summed E-state index contributed by atoms with van der Waals surface area (Å²) in [5.41, 5.74) is 1.10. The molecule has 2 aromatic rings. The Kier molecular flexibility index (Phi) is 9.01. The Morgan fingerprint density at radius 3 is 2.44 bits per heavy atom. The van der Waals surface area contributed by atoms with Gasteiger partial charge >= 0.3 is 0 Å². The van der Waals surface area contributed by atoms with Crippen molar-refractivity contribution in [3.8, 4) is 0 Å². The van der Waals surface area contributed by atoms with Gasteiger partial charge < -0.3 is 10.2 Å². The molecule has 0 spiro atoms. The molecule has 1 atom stereocenters. The summed E-state index contributed by atoms with van der Waals surface area (Å²) in [4.78, 5) is 28.0. The highest BCUT2D eigenvalue weighted by atomic mass is 79.9. The smallest absolute Gasteiger partial charge is 0.244 e. The lowest BCUT2D eigenvalue weighted by molar-refractivity contribution is -0.139. The standard InChI is InChI=1S/C24H29BrClN3O4S/c1-17(24(31)27-21-10-3-4-11-21)28(15-18-7-5-8-19(25)13-18)23(30)16-29(34(2,32)33)22-12-6-9-20(26)14-22/h5-9,12-14,17,21H,3-4,10-11,15-16H2,1-2H3,(H,27,31).